The molecule has 1 unspecified atom stereocenters. The molecule has 1 aliphatic rings. The number of aliphatic hydroxyl groups is 1. The van der Waals surface area contributed by atoms with E-state index in [1.807, 2.05) is 29.2 Å². The van der Waals surface area contributed by atoms with Crippen LogP contribution in [0.15, 0.2) is 30.3 Å². The van der Waals surface area contributed by atoms with Crippen molar-refractivity contribution in [2.24, 2.45) is 0 Å². The quantitative estimate of drug-likeness (QED) is 0.892. The molecule has 5 nitrogen and oxygen atoms in total. The minimum absolute atomic E-state index is 0.0231. The Morgan fingerprint density at radius 2 is 2.20 bits per heavy atom. The van der Waals surface area contributed by atoms with Crippen LogP contribution in [0, 0.1) is 0 Å². The fourth-order valence-corrected chi connectivity index (χ4v) is 2.81. The Bertz CT molecular complexity index is 657. The van der Waals surface area contributed by atoms with Crippen LogP contribution < -0.4 is 4.90 Å². The van der Waals surface area contributed by atoms with Crippen molar-refractivity contribution in [1.29, 1.82) is 0 Å². The number of aromatic carboxylic acids is 1. The Hall–Kier alpha value is -2.14. The summed E-state index contributed by atoms with van der Waals surface area (Å²) in [6.45, 7) is 0.860. The molecule has 20 heavy (non-hydrogen) atoms. The van der Waals surface area contributed by atoms with Crippen LogP contribution in [0.25, 0.3) is 10.8 Å². The lowest BCUT2D eigenvalue weighted by molar-refractivity contribution is 0.0691. The average molecular weight is 272 g/mol. The molecule has 1 aromatic heterocycles. The van der Waals surface area contributed by atoms with Gasteiger partial charge in [0.1, 0.15) is 5.82 Å². The normalized spacial score (nSPS) is 18.6. The van der Waals surface area contributed by atoms with Crippen molar-refractivity contribution in [3.05, 3.63) is 36.0 Å². The molecule has 0 saturated carbocycles. The molecule has 1 aromatic carbocycles. The van der Waals surface area contributed by atoms with Gasteiger partial charge in [-0.05, 0) is 24.3 Å². The minimum Gasteiger partial charge on any atom is -0.477 e. The summed E-state index contributed by atoms with van der Waals surface area (Å²) in [5.41, 5.74) is 0.0438. The maximum Gasteiger partial charge on any atom is 0.354 e. The number of rotatable bonds is 3. The van der Waals surface area contributed by atoms with Crippen molar-refractivity contribution >= 4 is 22.6 Å². The van der Waals surface area contributed by atoms with E-state index in [1.165, 1.54) is 0 Å². The molecule has 0 amide bonds. The summed E-state index contributed by atoms with van der Waals surface area (Å²) in [7, 11) is 0. The van der Waals surface area contributed by atoms with Gasteiger partial charge in [0.25, 0.3) is 0 Å². The van der Waals surface area contributed by atoms with Crippen molar-refractivity contribution in [2.75, 3.05) is 18.1 Å². The fourth-order valence-electron chi connectivity index (χ4n) is 2.81. The first kappa shape index (κ1) is 12.9. The predicted octanol–water partition coefficient (Wildman–Crippen LogP) is 1.89. The molecule has 0 radical (unpaired) electrons. The SMILES string of the molecule is O=C(O)c1cc2ccccc2c(N2CCCC2CO)n1. The second kappa shape index (κ2) is 5.09. The number of nitrogens with zero attached hydrogens (tertiary/aromatic N) is 2. The molecule has 2 aromatic rings. The topological polar surface area (TPSA) is 73.7 Å². The molecule has 1 saturated heterocycles. The van der Waals surface area contributed by atoms with Crippen LogP contribution in [0.4, 0.5) is 5.82 Å². The summed E-state index contributed by atoms with van der Waals surface area (Å²) in [4.78, 5) is 17.6. The number of carboxylic acids is 1. The van der Waals surface area contributed by atoms with Crippen LogP contribution >= 0.6 is 0 Å². The Balaban J connectivity index is 2.19. The van der Waals surface area contributed by atoms with E-state index in [0.717, 1.165) is 30.2 Å². The maximum atomic E-state index is 11.2. The first-order chi connectivity index (χ1) is 9.70. The summed E-state index contributed by atoms with van der Waals surface area (Å²) in [6.07, 6.45) is 1.89. The van der Waals surface area contributed by atoms with Crippen LogP contribution in [0.1, 0.15) is 23.3 Å². The first-order valence-electron chi connectivity index (χ1n) is 6.71. The summed E-state index contributed by atoms with van der Waals surface area (Å²) in [6, 6.07) is 9.23. The van der Waals surface area contributed by atoms with Crippen LogP contribution in [0.5, 0.6) is 0 Å². The van der Waals surface area contributed by atoms with Crippen LogP contribution in [-0.2, 0) is 0 Å². The number of aromatic nitrogens is 1. The minimum atomic E-state index is -1.03. The Morgan fingerprint density at radius 3 is 2.95 bits per heavy atom. The van der Waals surface area contributed by atoms with Crippen molar-refractivity contribution in [3.63, 3.8) is 0 Å². The molecule has 0 spiro atoms. The number of pyridine rings is 1. The molecule has 104 valence electrons. The molecule has 1 atom stereocenters. The number of fused-ring (bicyclic) bond motifs is 1. The summed E-state index contributed by atoms with van der Waals surface area (Å²) in [5.74, 6) is -0.367. The Morgan fingerprint density at radius 1 is 1.40 bits per heavy atom. The molecule has 0 aliphatic carbocycles. The van der Waals surface area contributed by atoms with E-state index in [4.69, 9.17) is 0 Å². The van der Waals surface area contributed by atoms with Crippen LogP contribution in [0.3, 0.4) is 0 Å². The molecule has 3 rings (SSSR count). The van der Waals surface area contributed by atoms with Gasteiger partial charge in [-0.15, -0.1) is 0 Å². The smallest absolute Gasteiger partial charge is 0.354 e. The molecular weight excluding hydrogens is 256 g/mol. The second-order valence-electron chi connectivity index (χ2n) is 5.03. The standard InChI is InChI=1S/C15H16N2O3/c18-9-11-5-3-7-17(11)14-12-6-2-1-4-10(12)8-13(16-14)15(19)20/h1-2,4,6,8,11,18H,3,5,7,9H2,(H,19,20). The third-order valence-corrected chi connectivity index (χ3v) is 3.80. The second-order valence-corrected chi connectivity index (χ2v) is 5.03. The van der Waals surface area contributed by atoms with E-state index >= 15 is 0 Å². The highest BCUT2D eigenvalue weighted by Gasteiger charge is 2.27. The number of carboxylic acid groups (broad SMARTS) is 1. The number of hydrogen-bond donors (Lipinski definition) is 2. The zero-order chi connectivity index (χ0) is 14.1. The maximum absolute atomic E-state index is 11.2. The zero-order valence-electron chi connectivity index (χ0n) is 11.0. The first-order valence-corrected chi connectivity index (χ1v) is 6.71. The summed E-state index contributed by atoms with van der Waals surface area (Å²) in [5, 5.41) is 20.5. The van der Waals surface area contributed by atoms with E-state index in [2.05, 4.69) is 4.98 Å². The molecule has 1 fully saturated rings. The van der Waals surface area contributed by atoms with Gasteiger partial charge in [-0.1, -0.05) is 24.3 Å². The molecule has 0 bridgehead atoms. The summed E-state index contributed by atoms with van der Waals surface area (Å²) < 4.78 is 0. The lowest BCUT2D eigenvalue weighted by Crippen LogP contribution is -2.33. The predicted molar refractivity (Wildman–Crippen MR) is 76.2 cm³/mol. The number of carbonyl (C=O) groups is 1. The third kappa shape index (κ3) is 2.10. The van der Waals surface area contributed by atoms with Gasteiger partial charge in [-0.25, -0.2) is 9.78 Å². The molecule has 1 aliphatic heterocycles. The largest absolute Gasteiger partial charge is 0.477 e. The van der Waals surface area contributed by atoms with E-state index in [-0.39, 0.29) is 18.3 Å². The number of hydrogen-bond acceptors (Lipinski definition) is 4. The van der Waals surface area contributed by atoms with Gasteiger partial charge in [-0.3, -0.25) is 0 Å². The van der Waals surface area contributed by atoms with Crippen LogP contribution in [0.2, 0.25) is 0 Å². The highest BCUT2D eigenvalue weighted by Crippen LogP contribution is 2.31. The van der Waals surface area contributed by atoms with Gasteiger partial charge in [0.15, 0.2) is 5.69 Å². The van der Waals surface area contributed by atoms with E-state index in [1.54, 1.807) is 6.07 Å². The van der Waals surface area contributed by atoms with Gasteiger partial charge in [0.05, 0.1) is 12.6 Å². The summed E-state index contributed by atoms with van der Waals surface area (Å²) >= 11 is 0. The highest BCUT2D eigenvalue weighted by atomic mass is 16.4. The molecular formula is C15H16N2O3. The zero-order valence-corrected chi connectivity index (χ0v) is 11.0. The highest BCUT2D eigenvalue weighted by molar-refractivity contribution is 5.98. The Kier molecular flexibility index (Phi) is 3.28. The number of anilines is 1. The Labute approximate surface area is 116 Å². The molecule has 5 heteroatoms. The monoisotopic (exact) mass is 272 g/mol. The lowest BCUT2D eigenvalue weighted by Gasteiger charge is -2.25. The third-order valence-electron chi connectivity index (χ3n) is 3.80. The van der Waals surface area contributed by atoms with Crippen molar-refractivity contribution in [1.82, 2.24) is 4.98 Å². The van der Waals surface area contributed by atoms with E-state index < -0.39 is 5.97 Å². The van der Waals surface area contributed by atoms with Gasteiger partial charge < -0.3 is 15.1 Å². The number of aliphatic hydroxyl groups excluding tert-OH is 1. The molecule has 2 N–H and O–H groups in total. The van der Waals surface area contributed by atoms with Gasteiger partial charge in [0, 0.05) is 11.9 Å². The fraction of sp³-hybridized carbons (Fsp3) is 0.333. The van der Waals surface area contributed by atoms with E-state index in [0.29, 0.717) is 5.82 Å². The lowest BCUT2D eigenvalue weighted by atomic mass is 10.1. The van der Waals surface area contributed by atoms with Crippen molar-refractivity contribution in [3.8, 4) is 0 Å². The van der Waals surface area contributed by atoms with Gasteiger partial charge in [-0.2, -0.15) is 0 Å². The van der Waals surface area contributed by atoms with Crippen molar-refractivity contribution in [2.45, 2.75) is 18.9 Å². The van der Waals surface area contributed by atoms with Gasteiger partial charge >= 0.3 is 5.97 Å². The van der Waals surface area contributed by atoms with Crippen LogP contribution in [-0.4, -0.2) is 40.4 Å². The van der Waals surface area contributed by atoms with E-state index in [9.17, 15) is 15.0 Å². The van der Waals surface area contributed by atoms with Gasteiger partial charge in [0.2, 0.25) is 0 Å². The number of benzene rings is 1. The average Bonchev–Trinajstić information content (AvgIpc) is 2.94. The molecule has 2 heterocycles. The van der Waals surface area contributed by atoms with Crippen molar-refractivity contribution < 1.29 is 15.0 Å².